The van der Waals surface area contributed by atoms with Gasteiger partial charge < -0.3 is 0 Å². The zero-order valence-corrected chi connectivity index (χ0v) is 14.3. The van der Waals surface area contributed by atoms with Gasteiger partial charge in [0.15, 0.2) is 0 Å². The third kappa shape index (κ3) is 2.71. The summed E-state index contributed by atoms with van der Waals surface area (Å²) in [6, 6.07) is 20.1. The Bertz CT molecular complexity index is 907. The predicted octanol–water partition coefficient (Wildman–Crippen LogP) is 6.00. The van der Waals surface area contributed by atoms with Crippen LogP contribution in [0.1, 0.15) is 10.4 Å². The Balaban J connectivity index is 1.92. The largest absolute Gasteiger partial charge is 0.428 e. The van der Waals surface area contributed by atoms with Crippen LogP contribution in [0.3, 0.4) is 0 Å². The van der Waals surface area contributed by atoms with Crippen molar-refractivity contribution in [3.8, 4) is 0 Å². The monoisotopic (exact) mass is 373 g/mol. The van der Waals surface area contributed by atoms with Crippen molar-refractivity contribution in [3.63, 3.8) is 0 Å². The average molecular weight is 373 g/mol. The van der Waals surface area contributed by atoms with E-state index < -0.39 is 11.8 Å². The second-order valence-corrected chi connectivity index (χ2v) is 6.78. The molecule has 3 aromatic rings. The number of hydrogen-bond acceptors (Lipinski definition) is 3. The van der Waals surface area contributed by atoms with E-state index in [1.807, 2.05) is 11.4 Å². The molecule has 2 aromatic carbocycles. The van der Waals surface area contributed by atoms with Crippen LogP contribution in [0.2, 0.25) is 0 Å². The summed E-state index contributed by atoms with van der Waals surface area (Å²) >= 11 is 1.37. The van der Waals surface area contributed by atoms with Gasteiger partial charge in [-0.2, -0.15) is 13.2 Å². The van der Waals surface area contributed by atoms with E-state index in [4.69, 9.17) is 4.84 Å². The number of hydroxylamine groups is 1. The molecule has 0 N–H and O–H groups in total. The highest BCUT2D eigenvalue weighted by Crippen LogP contribution is 2.52. The molecular formula is C20H14F3NOS. The SMILES string of the molecule is FC(F)(F)C1(c2ccccc2)C=C(c2cccs2)N(c2ccccc2)O1. The van der Waals surface area contributed by atoms with Gasteiger partial charge in [-0.05, 0) is 35.2 Å². The lowest BCUT2D eigenvalue weighted by atomic mass is 9.92. The number of rotatable bonds is 3. The van der Waals surface area contributed by atoms with Gasteiger partial charge in [0.25, 0.3) is 0 Å². The highest BCUT2D eigenvalue weighted by molar-refractivity contribution is 7.11. The van der Waals surface area contributed by atoms with Crippen molar-refractivity contribution in [2.75, 3.05) is 5.06 Å². The van der Waals surface area contributed by atoms with Crippen molar-refractivity contribution in [2.24, 2.45) is 0 Å². The molecule has 1 aliphatic heterocycles. The second kappa shape index (κ2) is 6.30. The molecule has 0 radical (unpaired) electrons. The van der Waals surface area contributed by atoms with Crippen LogP contribution in [0, 0.1) is 0 Å². The zero-order valence-electron chi connectivity index (χ0n) is 13.5. The number of para-hydroxylation sites is 1. The molecule has 0 saturated carbocycles. The normalized spacial score (nSPS) is 20.3. The zero-order chi connectivity index (χ0) is 18.2. The van der Waals surface area contributed by atoms with Crippen molar-refractivity contribution in [1.29, 1.82) is 0 Å². The van der Waals surface area contributed by atoms with Crippen LogP contribution in [-0.2, 0) is 10.4 Å². The minimum Gasteiger partial charge on any atom is -0.243 e. The maximum absolute atomic E-state index is 14.2. The molecule has 1 unspecified atom stereocenters. The number of nitrogens with zero attached hydrogens (tertiary/aromatic N) is 1. The van der Waals surface area contributed by atoms with E-state index in [1.165, 1.54) is 34.6 Å². The number of hydrogen-bond donors (Lipinski definition) is 0. The highest BCUT2D eigenvalue weighted by atomic mass is 32.1. The fourth-order valence-electron chi connectivity index (χ4n) is 2.94. The predicted molar refractivity (Wildman–Crippen MR) is 96.5 cm³/mol. The van der Waals surface area contributed by atoms with E-state index in [0.717, 1.165) is 0 Å². The fraction of sp³-hybridized carbons (Fsp3) is 0.100. The van der Waals surface area contributed by atoms with Gasteiger partial charge in [0, 0.05) is 0 Å². The molecule has 1 aromatic heterocycles. The Hall–Kier alpha value is -2.57. The van der Waals surface area contributed by atoms with E-state index in [-0.39, 0.29) is 5.56 Å². The van der Waals surface area contributed by atoms with Crippen molar-refractivity contribution < 1.29 is 18.0 Å². The van der Waals surface area contributed by atoms with Crippen LogP contribution in [0.15, 0.2) is 84.3 Å². The minimum atomic E-state index is -4.62. The summed E-state index contributed by atoms with van der Waals surface area (Å²) in [5.41, 5.74) is -1.58. The molecule has 26 heavy (non-hydrogen) atoms. The number of halogens is 3. The summed E-state index contributed by atoms with van der Waals surface area (Å²) in [7, 11) is 0. The van der Waals surface area contributed by atoms with Crippen molar-refractivity contribution in [3.05, 3.63) is 94.7 Å². The molecule has 1 aliphatic rings. The Morgan fingerprint density at radius 3 is 2.08 bits per heavy atom. The fourth-order valence-corrected chi connectivity index (χ4v) is 3.66. The van der Waals surface area contributed by atoms with Crippen LogP contribution >= 0.6 is 11.3 Å². The minimum absolute atomic E-state index is 0.0417. The van der Waals surface area contributed by atoms with Gasteiger partial charge in [0.05, 0.1) is 16.3 Å². The summed E-state index contributed by atoms with van der Waals surface area (Å²) in [4.78, 5) is 6.35. The van der Waals surface area contributed by atoms with E-state index in [1.54, 1.807) is 54.6 Å². The molecule has 2 heterocycles. The van der Waals surface area contributed by atoms with Crippen molar-refractivity contribution in [1.82, 2.24) is 0 Å². The molecule has 6 heteroatoms. The first-order valence-electron chi connectivity index (χ1n) is 7.94. The Morgan fingerprint density at radius 2 is 1.50 bits per heavy atom. The van der Waals surface area contributed by atoms with Gasteiger partial charge in [-0.3, -0.25) is 0 Å². The lowest BCUT2D eigenvalue weighted by molar-refractivity contribution is -0.258. The first-order chi connectivity index (χ1) is 12.5. The van der Waals surface area contributed by atoms with E-state index in [2.05, 4.69) is 0 Å². The third-order valence-corrected chi connectivity index (χ3v) is 5.07. The summed E-state index contributed by atoms with van der Waals surface area (Å²) in [6.45, 7) is 0. The molecule has 0 fully saturated rings. The lowest BCUT2D eigenvalue weighted by Gasteiger charge is -2.32. The lowest BCUT2D eigenvalue weighted by Crippen LogP contribution is -2.43. The third-order valence-electron chi connectivity index (χ3n) is 4.18. The van der Waals surface area contributed by atoms with Crippen LogP contribution in [0.25, 0.3) is 5.70 Å². The van der Waals surface area contributed by atoms with Crippen molar-refractivity contribution in [2.45, 2.75) is 11.8 Å². The topological polar surface area (TPSA) is 12.5 Å². The molecule has 2 nitrogen and oxygen atoms in total. The van der Waals surface area contributed by atoms with Crippen LogP contribution in [0.5, 0.6) is 0 Å². The Morgan fingerprint density at radius 1 is 0.846 bits per heavy atom. The number of anilines is 1. The van der Waals surface area contributed by atoms with Crippen LogP contribution in [0.4, 0.5) is 18.9 Å². The molecular weight excluding hydrogens is 359 g/mol. The highest BCUT2D eigenvalue weighted by Gasteiger charge is 2.61. The van der Waals surface area contributed by atoms with Crippen LogP contribution in [-0.4, -0.2) is 6.18 Å². The average Bonchev–Trinajstić information content (AvgIpc) is 3.31. The standard InChI is InChI=1S/C20H14F3NOS/c21-20(22,23)19(15-8-3-1-4-9-15)14-17(18-12-7-13-26-18)24(25-19)16-10-5-2-6-11-16/h1-14H. The van der Waals surface area contributed by atoms with Gasteiger partial charge in [0.2, 0.25) is 5.60 Å². The summed E-state index contributed by atoms with van der Waals surface area (Å²) in [5.74, 6) is 0. The molecule has 0 amide bonds. The van der Waals surface area contributed by atoms with E-state index in [0.29, 0.717) is 16.3 Å². The number of benzene rings is 2. The summed E-state index contributed by atoms with van der Waals surface area (Å²) in [6.07, 6.45) is -3.46. The van der Waals surface area contributed by atoms with Gasteiger partial charge in [-0.1, -0.05) is 54.6 Å². The maximum Gasteiger partial charge on any atom is 0.428 e. The van der Waals surface area contributed by atoms with Gasteiger partial charge in [0.1, 0.15) is 0 Å². The Kier molecular flexibility index (Phi) is 4.09. The Labute approximate surface area is 152 Å². The molecule has 0 saturated heterocycles. The first-order valence-corrected chi connectivity index (χ1v) is 8.82. The van der Waals surface area contributed by atoms with E-state index >= 15 is 0 Å². The molecule has 132 valence electrons. The summed E-state index contributed by atoms with van der Waals surface area (Å²) < 4.78 is 42.6. The second-order valence-electron chi connectivity index (χ2n) is 5.83. The van der Waals surface area contributed by atoms with Gasteiger partial charge in [-0.15, -0.1) is 11.3 Å². The van der Waals surface area contributed by atoms with Crippen molar-refractivity contribution >= 4 is 22.7 Å². The summed E-state index contributed by atoms with van der Waals surface area (Å²) in [5, 5.41) is 3.10. The van der Waals surface area contributed by atoms with Gasteiger partial charge >= 0.3 is 6.18 Å². The quantitative estimate of drug-likeness (QED) is 0.558. The van der Waals surface area contributed by atoms with Crippen LogP contribution < -0.4 is 5.06 Å². The molecule has 1 atom stereocenters. The number of thiophene rings is 1. The van der Waals surface area contributed by atoms with Gasteiger partial charge in [-0.25, -0.2) is 9.90 Å². The number of alkyl halides is 3. The van der Waals surface area contributed by atoms with E-state index in [9.17, 15) is 13.2 Å². The molecule has 0 aliphatic carbocycles. The molecule has 4 rings (SSSR count). The molecule has 0 bridgehead atoms. The molecule has 0 spiro atoms. The first kappa shape index (κ1) is 16.9. The smallest absolute Gasteiger partial charge is 0.243 e. The maximum atomic E-state index is 14.2.